The lowest BCUT2D eigenvalue weighted by Gasteiger charge is -2.12. The second-order valence-corrected chi connectivity index (χ2v) is 6.59. The lowest BCUT2D eigenvalue weighted by molar-refractivity contribution is -0.121. The summed E-state index contributed by atoms with van der Waals surface area (Å²) in [6.07, 6.45) is 2.53. The normalized spacial score (nSPS) is 16.1. The summed E-state index contributed by atoms with van der Waals surface area (Å²) in [7, 11) is 0. The van der Waals surface area contributed by atoms with Gasteiger partial charge in [0.05, 0.1) is 6.61 Å². The Labute approximate surface area is 122 Å². The number of hydrogen-bond acceptors (Lipinski definition) is 3. The maximum absolute atomic E-state index is 11.7. The number of thioether (sulfide) groups is 1. The highest BCUT2D eigenvalue weighted by Crippen LogP contribution is 2.44. The van der Waals surface area contributed by atoms with Crippen LogP contribution in [0.5, 0.6) is 0 Å². The Balaban J connectivity index is 1.62. The van der Waals surface area contributed by atoms with Gasteiger partial charge in [-0.15, -0.1) is 11.8 Å². The predicted octanol–water partition coefficient (Wildman–Crippen LogP) is 2.71. The summed E-state index contributed by atoms with van der Waals surface area (Å²) in [6, 6.07) is 7.61. The van der Waals surface area contributed by atoms with Crippen LogP contribution < -0.4 is 5.32 Å². The first-order valence-corrected chi connectivity index (χ1v) is 7.76. The number of aliphatic hydroxyl groups is 1. The minimum Gasteiger partial charge on any atom is -0.396 e. The second-order valence-electron chi connectivity index (χ2n) is 4.99. The molecule has 0 unspecified atom stereocenters. The van der Waals surface area contributed by atoms with Crippen LogP contribution in [0.4, 0.5) is 0 Å². The highest BCUT2D eigenvalue weighted by atomic mass is 35.5. The van der Waals surface area contributed by atoms with Crippen molar-refractivity contribution >= 4 is 29.3 Å². The van der Waals surface area contributed by atoms with Gasteiger partial charge >= 0.3 is 0 Å². The molecule has 0 aromatic heterocycles. The van der Waals surface area contributed by atoms with Gasteiger partial charge in [-0.25, -0.2) is 0 Å². The van der Waals surface area contributed by atoms with E-state index in [9.17, 15) is 4.79 Å². The van der Waals surface area contributed by atoms with Gasteiger partial charge in [-0.1, -0.05) is 11.6 Å². The number of halogens is 1. The summed E-state index contributed by atoms with van der Waals surface area (Å²) in [6.45, 7) is 0.779. The summed E-state index contributed by atoms with van der Waals surface area (Å²) in [5.74, 6) is 0.806. The van der Waals surface area contributed by atoms with Crippen LogP contribution in [-0.2, 0) is 4.79 Å². The van der Waals surface area contributed by atoms with E-state index in [1.807, 2.05) is 24.3 Å². The third-order valence-electron chi connectivity index (χ3n) is 3.36. The maximum Gasteiger partial charge on any atom is 0.220 e. The molecule has 0 spiro atoms. The van der Waals surface area contributed by atoms with E-state index >= 15 is 0 Å². The molecule has 1 amide bonds. The fourth-order valence-corrected chi connectivity index (χ4v) is 2.71. The third-order valence-corrected chi connectivity index (χ3v) is 4.63. The summed E-state index contributed by atoms with van der Waals surface area (Å²) >= 11 is 7.45. The molecule has 19 heavy (non-hydrogen) atoms. The number of carbonyl (C=O) groups is 1. The predicted molar refractivity (Wildman–Crippen MR) is 78.6 cm³/mol. The Morgan fingerprint density at radius 3 is 2.63 bits per heavy atom. The molecule has 1 aliphatic rings. The molecule has 0 aliphatic heterocycles. The SMILES string of the molecule is O=C(CCSc1ccc(Cl)cc1)NCC1(CO)CC1. The largest absolute Gasteiger partial charge is 0.396 e. The van der Waals surface area contributed by atoms with Crippen molar-refractivity contribution < 1.29 is 9.90 Å². The van der Waals surface area contributed by atoms with E-state index in [1.165, 1.54) is 0 Å². The van der Waals surface area contributed by atoms with E-state index < -0.39 is 0 Å². The van der Waals surface area contributed by atoms with E-state index in [2.05, 4.69) is 5.32 Å². The van der Waals surface area contributed by atoms with Crippen LogP contribution in [0, 0.1) is 5.41 Å². The molecule has 0 heterocycles. The molecule has 1 aromatic carbocycles. The molecule has 0 bridgehead atoms. The van der Waals surface area contributed by atoms with Crippen LogP contribution >= 0.6 is 23.4 Å². The van der Waals surface area contributed by atoms with Gasteiger partial charge in [0.25, 0.3) is 0 Å². The van der Waals surface area contributed by atoms with Gasteiger partial charge < -0.3 is 10.4 Å². The van der Waals surface area contributed by atoms with Crippen LogP contribution in [0.2, 0.25) is 5.02 Å². The lowest BCUT2D eigenvalue weighted by atomic mass is 10.1. The monoisotopic (exact) mass is 299 g/mol. The number of aliphatic hydroxyl groups excluding tert-OH is 1. The molecule has 2 rings (SSSR count). The molecule has 2 N–H and O–H groups in total. The number of hydrogen-bond donors (Lipinski definition) is 2. The van der Waals surface area contributed by atoms with E-state index in [0.717, 1.165) is 28.5 Å². The Hall–Kier alpha value is -0.710. The number of amides is 1. The zero-order valence-electron chi connectivity index (χ0n) is 10.7. The number of carbonyl (C=O) groups excluding carboxylic acids is 1. The van der Waals surface area contributed by atoms with Crippen molar-refractivity contribution in [1.29, 1.82) is 0 Å². The van der Waals surface area contributed by atoms with E-state index in [1.54, 1.807) is 11.8 Å². The van der Waals surface area contributed by atoms with Crippen molar-refractivity contribution in [2.24, 2.45) is 5.41 Å². The summed E-state index contributed by atoms with van der Waals surface area (Å²) in [5.41, 5.74) is -0.0149. The van der Waals surface area contributed by atoms with Crippen LogP contribution in [0.25, 0.3) is 0 Å². The third kappa shape index (κ3) is 4.71. The summed E-state index contributed by atoms with van der Waals surface area (Å²) in [5, 5.41) is 12.8. The molecule has 1 saturated carbocycles. The Morgan fingerprint density at radius 1 is 1.37 bits per heavy atom. The van der Waals surface area contributed by atoms with Gasteiger partial charge in [0, 0.05) is 34.1 Å². The van der Waals surface area contributed by atoms with Crippen molar-refractivity contribution in [3.05, 3.63) is 29.3 Å². The Bertz CT molecular complexity index is 432. The summed E-state index contributed by atoms with van der Waals surface area (Å²) < 4.78 is 0. The molecular formula is C14H18ClNO2S. The first-order chi connectivity index (χ1) is 9.13. The minimum absolute atomic E-state index is 0.0149. The van der Waals surface area contributed by atoms with Crippen LogP contribution in [0.3, 0.4) is 0 Å². The van der Waals surface area contributed by atoms with Crippen molar-refractivity contribution in [2.75, 3.05) is 18.9 Å². The standard InChI is InChI=1S/C14H18ClNO2S/c15-11-1-3-12(4-2-11)19-8-5-13(18)16-9-14(10-17)6-7-14/h1-4,17H,5-10H2,(H,16,18). The number of benzene rings is 1. The molecule has 104 valence electrons. The van der Waals surface area contributed by atoms with Gasteiger partial charge in [0.2, 0.25) is 5.91 Å². The van der Waals surface area contributed by atoms with Gasteiger partial charge in [-0.05, 0) is 37.1 Å². The van der Waals surface area contributed by atoms with Gasteiger partial charge in [-0.2, -0.15) is 0 Å². The number of rotatable bonds is 7. The molecule has 1 aliphatic carbocycles. The highest BCUT2D eigenvalue weighted by Gasteiger charge is 2.41. The minimum atomic E-state index is -0.0149. The first kappa shape index (κ1) is 14.7. The van der Waals surface area contributed by atoms with Crippen molar-refractivity contribution in [3.63, 3.8) is 0 Å². The highest BCUT2D eigenvalue weighted by molar-refractivity contribution is 7.99. The maximum atomic E-state index is 11.7. The van der Waals surface area contributed by atoms with Gasteiger partial charge in [0.15, 0.2) is 0 Å². The average Bonchev–Trinajstić information content (AvgIpc) is 3.19. The molecule has 0 radical (unpaired) electrons. The molecule has 1 aromatic rings. The average molecular weight is 300 g/mol. The molecule has 3 nitrogen and oxygen atoms in total. The fraction of sp³-hybridized carbons (Fsp3) is 0.500. The summed E-state index contributed by atoms with van der Waals surface area (Å²) in [4.78, 5) is 12.8. The van der Waals surface area contributed by atoms with Crippen LogP contribution in [0.15, 0.2) is 29.2 Å². The number of nitrogens with one attached hydrogen (secondary N) is 1. The van der Waals surface area contributed by atoms with Crippen LogP contribution in [0.1, 0.15) is 19.3 Å². The van der Waals surface area contributed by atoms with E-state index in [0.29, 0.717) is 13.0 Å². The molecule has 5 heteroatoms. The quantitative estimate of drug-likeness (QED) is 0.761. The smallest absolute Gasteiger partial charge is 0.220 e. The van der Waals surface area contributed by atoms with Crippen molar-refractivity contribution in [2.45, 2.75) is 24.2 Å². The Morgan fingerprint density at radius 2 is 2.05 bits per heavy atom. The zero-order valence-corrected chi connectivity index (χ0v) is 12.3. The van der Waals surface area contributed by atoms with Crippen LogP contribution in [-0.4, -0.2) is 29.9 Å². The topological polar surface area (TPSA) is 49.3 Å². The first-order valence-electron chi connectivity index (χ1n) is 6.39. The molecule has 0 atom stereocenters. The zero-order chi connectivity index (χ0) is 13.7. The Kier molecular flexibility index (Phi) is 5.13. The second kappa shape index (κ2) is 6.64. The fourth-order valence-electron chi connectivity index (χ4n) is 1.73. The lowest BCUT2D eigenvalue weighted by Crippen LogP contribution is -2.31. The molecular weight excluding hydrogens is 282 g/mol. The molecule has 1 fully saturated rings. The molecule has 0 saturated heterocycles. The van der Waals surface area contributed by atoms with E-state index in [-0.39, 0.29) is 17.9 Å². The van der Waals surface area contributed by atoms with Crippen molar-refractivity contribution in [3.8, 4) is 0 Å². The van der Waals surface area contributed by atoms with Crippen molar-refractivity contribution in [1.82, 2.24) is 5.32 Å². The van der Waals surface area contributed by atoms with Gasteiger partial charge in [-0.3, -0.25) is 4.79 Å². The van der Waals surface area contributed by atoms with E-state index in [4.69, 9.17) is 16.7 Å². The van der Waals surface area contributed by atoms with Gasteiger partial charge in [0.1, 0.15) is 0 Å².